The van der Waals surface area contributed by atoms with Crippen LogP contribution in [0, 0.1) is 6.92 Å². The number of rotatable bonds is 2. The van der Waals surface area contributed by atoms with Crippen molar-refractivity contribution in [2.45, 2.75) is 32.6 Å². The maximum absolute atomic E-state index is 10.8. The summed E-state index contributed by atoms with van der Waals surface area (Å²) in [4.78, 5) is 19.4. The summed E-state index contributed by atoms with van der Waals surface area (Å²) in [6.07, 6.45) is 4.08. The van der Waals surface area contributed by atoms with Crippen LogP contribution in [0.4, 0.5) is 5.69 Å². The number of nitrogens with zero attached hydrogens (tertiary/aromatic N) is 2. The minimum atomic E-state index is -0.0872. The van der Waals surface area contributed by atoms with E-state index in [1.807, 2.05) is 6.92 Å². The van der Waals surface area contributed by atoms with Gasteiger partial charge in [0.15, 0.2) is 0 Å². The molecule has 1 aliphatic carbocycles. The molecule has 1 aliphatic rings. The highest BCUT2D eigenvalue weighted by molar-refractivity contribution is 5.88. The monoisotopic (exact) mass is 191 g/mol. The van der Waals surface area contributed by atoms with E-state index in [0.29, 0.717) is 11.6 Å². The third-order valence-electron chi connectivity index (χ3n) is 2.25. The Morgan fingerprint density at radius 3 is 2.79 bits per heavy atom. The van der Waals surface area contributed by atoms with E-state index >= 15 is 0 Å². The molecule has 0 bridgehead atoms. The van der Waals surface area contributed by atoms with Gasteiger partial charge in [-0.05, 0) is 19.8 Å². The maximum atomic E-state index is 10.8. The van der Waals surface area contributed by atoms with Gasteiger partial charge in [-0.25, -0.2) is 9.97 Å². The average molecular weight is 191 g/mol. The average Bonchev–Trinajstić information content (AvgIpc) is 2.90. The lowest BCUT2D eigenvalue weighted by molar-refractivity contribution is -0.114. The van der Waals surface area contributed by atoms with Crippen molar-refractivity contribution in [1.29, 1.82) is 0 Å². The molecule has 2 rings (SSSR count). The Morgan fingerprint density at radius 1 is 1.57 bits per heavy atom. The number of amides is 1. The van der Waals surface area contributed by atoms with Crippen molar-refractivity contribution in [2.75, 3.05) is 5.32 Å². The van der Waals surface area contributed by atoms with Crippen molar-refractivity contribution in [1.82, 2.24) is 9.97 Å². The van der Waals surface area contributed by atoms with Gasteiger partial charge in [0, 0.05) is 12.8 Å². The van der Waals surface area contributed by atoms with Gasteiger partial charge in [0.05, 0.1) is 17.6 Å². The molecule has 0 aliphatic heterocycles. The highest BCUT2D eigenvalue weighted by atomic mass is 16.1. The van der Waals surface area contributed by atoms with Gasteiger partial charge in [-0.3, -0.25) is 4.79 Å². The van der Waals surface area contributed by atoms with Gasteiger partial charge in [-0.1, -0.05) is 0 Å². The van der Waals surface area contributed by atoms with Crippen molar-refractivity contribution in [3.8, 4) is 0 Å². The lowest BCUT2D eigenvalue weighted by atomic mass is 10.3. The van der Waals surface area contributed by atoms with E-state index in [9.17, 15) is 4.79 Å². The molecule has 1 heterocycles. The zero-order valence-corrected chi connectivity index (χ0v) is 8.37. The molecular formula is C10H13N3O. The van der Waals surface area contributed by atoms with E-state index in [2.05, 4.69) is 15.3 Å². The molecule has 74 valence electrons. The molecule has 1 aromatic rings. The van der Waals surface area contributed by atoms with E-state index in [-0.39, 0.29) is 5.91 Å². The Labute approximate surface area is 82.8 Å². The first-order valence-corrected chi connectivity index (χ1v) is 4.78. The van der Waals surface area contributed by atoms with Crippen LogP contribution in [-0.4, -0.2) is 15.9 Å². The van der Waals surface area contributed by atoms with Crippen molar-refractivity contribution < 1.29 is 4.79 Å². The molecule has 14 heavy (non-hydrogen) atoms. The van der Waals surface area contributed by atoms with Crippen LogP contribution in [0.5, 0.6) is 0 Å². The van der Waals surface area contributed by atoms with Gasteiger partial charge in [-0.2, -0.15) is 0 Å². The second kappa shape index (κ2) is 3.36. The molecule has 0 spiro atoms. The minimum absolute atomic E-state index is 0.0872. The van der Waals surface area contributed by atoms with Crippen LogP contribution in [-0.2, 0) is 4.79 Å². The van der Waals surface area contributed by atoms with Gasteiger partial charge in [0.2, 0.25) is 5.91 Å². The van der Waals surface area contributed by atoms with Crippen LogP contribution in [0.2, 0.25) is 0 Å². The zero-order valence-electron chi connectivity index (χ0n) is 8.37. The highest BCUT2D eigenvalue weighted by Crippen LogP contribution is 2.38. The summed E-state index contributed by atoms with van der Waals surface area (Å²) in [5.41, 5.74) is 1.55. The fourth-order valence-electron chi connectivity index (χ4n) is 1.34. The highest BCUT2D eigenvalue weighted by Gasteiger charge is 2.26. The summed E-state index contributed by atoms with van der Waals surface area (Å²) >= 11 is 0. The normalized spacial score (nSPS) is 15.3. The quantitative estimate of drug-likeness (QED) is 0.772. The molecule has 1 fully saturated rings. The Bertz CT molecular complexity index is 372. The predicted molar refractivity (Wildman–Crippen MR) is 53.0 cm³/mol. The number of aromatic nitrogens is 2. The van der Waals surface area contributed by atoms with Crippen LogP contribution >= 0.6 is 0 Å². The van der Waals surface area contributed by atoms with Gasteiger partial charge >= 0.3 is 0 Å². The Balaban J connectivity index is 2.21. The number of hydrogen-bond donors (Lipinski definition) is 1. The van der Waals surface area contributed by atoms with Crippen molar-refractivity contribution in [3.63, 3.8) is 0 Å². The molecule has 4 heteroatoms. The number of hydrogen-bond acceptors (Lipinski definition) is 3. The second-order valence-corrected chi connectivity index (χ2v) is 3.68. The first-order chi connectivity index (χ1) is 6.66. The zero-order chi connectivity index (χ0) is 10.1. The number of aryl methyl sites for hydroxylation is 1. The topological polar surface area (TPSA) is 54.9 Å². The third-order valence-corrected chi connectivity index (χ3v) is 2.25. The van der Waals surface area contributed by atoms with Crippen molar-refractivity contribution in [3.05, 3.63) is 17.7 Å². The van der Waals surface area contributed by atoms with Crippen LogP contribution < -0.4 is 5.32 Å². The number of carbonyl (C=O) groups is 1. The van der Waals surface area contributed by atoms with Crippen molar-refractivity contribution in [2.24, 2.45) is 0 Å². The minimum Gasteiger partial charge on any atom is -0.323 e. The van der Waals surface area contributed by atoms with Gasteiger partial charge in [0.1, 0.15) is 5.82 Å². The van der Waals surface area contributed by atoms with E-state index in [1.54, 1.807) is 6.20 Å². The summed E-state index contributed by atoms with van der Waals surface area (Å²) < 4.78 is 0. The number of carbonyl (C=O) groups excluding carboxylic acids is 1. The lowest BCUT2D eigenvalue weighted by Gasteiger charge is -2.06. The van der Waals surface area contributed by atoms with E-state index in [0.717, 1.165) is 11.5 Å². The summed E-state index contributed by atoms with van der Waals surface area (Å²) in [5, 5.41) is 2.70. The third kappa shape index (κ3) is 1.89. The molecule has 0 radical (unpaired) electrons. The van der Waals surface area contributed by atoms with Crippen LogP contribution in [0.1, 0.15) is 37.2 Å². The molecule has 0 unspecified atom stereocenters. The molecule has 1 N–H and O–H groups in total. The fourth-order valence-corrected chi connectivity index (χ4v) is 1.34. The SMILES string of the molecule is CC(=O)Nc1cnc(C2CC2)nc1C. The molecule has 4 nitrogen and oxygen atoms in total. The van der Waals surface area contributed by atoms with Crippen LogP contribution in [0.15, 0.2) is 6.20 Å². The molecule has 0 atom stereocenters. The van der Waals surface area contributed by atoms with E-state index in [4.69, 9.17) is 0 Å². The lowest BCUT2D eigenvalue weighted by Crippen LogP contribution is -2.09. The van der Waals surface area contributed by atoms with E-state index < -0.39 is 0 Å². The van der Waals surface area contributed by atoms with Crippen molar-refractivity contribution >= 4 is 11.6 Å². The van der Waals surface area contributed by atoms with E-state index in [1.165, 1.54) is 19.8 Å². The number of nitrogens with one attached hydrogen (secondary N) is 1. The largest absolute Gasteiger partial charge is 0.323 e. The molecular weight excluding hydrogens is 178 g/mol. The Kier molecular flexibility index (Phi) is 2.19. The second-order valence-electron chi connectivity index (χ2n) is 3.68. The summed E-state index contributed by atoms with van der Waals surface area (Å²) in [5.74, 6) is 1.38. The Hall–Kier alpha value is -1.45. The molecule has 1 aromatic heterocycles. The first-order valence-electron chi connectivity index (χ1n) is 4.78. The molecule has 0 saturated heterocycles. The van der Waals surface area contributed by atoms with Gasteiger partial charge in [-0.15, -0.1) is 0 Å². The van der Waals surface area contributed by atoms with Gasteiger partial charge < -0.3 is 5.32 Å². The van der Waals surface area contributed by atoms with Crippen LogP contribution in [0.25, 0.3) is 0 Å². The fraction of sp³-hybridized carbons (Fsp3) is 0.500. The Morgan fingerprint density at radius 2 is 2.29 bits per heavy atom. The smallest absolute Gasteiger partial charge is 0.221 e. The predicted octanol–water partition coefficient (Wildman–Crippen LogP) is 1.62. The summed E-state index contributed by atoms with van der Waals surface area (Å²) in [6, 6.07) is 0. The summed E-state index contributed by atoms with van der Waals surface area (Å²) in [6.45, 7) is 3.37. The molecule has 0 aromatic carbocycles. The van der Waals surface area contributed by atoms with Gasteiger partial charge in [0.25, 0.3) is 0 Å². The maximum Gasteiger partial charge on any atom is 0.221 e. The summed E-state index contributed by atoms with van der Waals surface area (Å²) in [7, 11) is 0. The standard InChI is InChI=1S/C10H13N3O/c1-6-9(13-7(2)14)5-11-10(12-6)8-3-4-8/h5,8H,3-4H2,1-2H3,(H,13,14). The number of anilines is 1. The molecule has 1 amide bonds. The van der Waals surface area contributed by atoms with Crippen LogP contribution in [0.3, 0.4) is 0 Å². The molecule has 1 saturated carbocycles. The first kappa shape index (κ1) is 9.12.